The Balaban J connectivity index is 0.000000243. The van der Waals surface area contributed by atoms with Gasteiger partial charge in [-0.25, -0.2) is 19.2 Å². The minimum atomic E-state index is -1.41. The monoisotopic (exact) mass is 1400 g/mol. The summed E-state index contributed by atoms with van der Waals surface area (Å²) in [4.78, 5) is 120. The van der Waals surface area contributed by atoms with Crippen molar-refractivity contribution >= 4 is 59.5 Å². The van der Waals surface area contributed by atoms with Crippen molar-refractivity contribution in [3.05, 3.63) is 192 Å². The molecule has 4 fully saturated rings. The third kappa shape index (κ3) is 24.8. The summed E-state index contributed by atoms with van der Waals surface area (Å²) in [5.41, 5.74) is 2.13. The minimum absolute atomic E-state index is 0.0144. The highest BCUT2D eigenvalue weighted by Gasteiger charge is 2.50. The van der Waals surface area contributed by atoms with Gasteiger partial charge in [-0.3, -0.25) is 28.8 Å². The van der Waals surface area contributed by atoms with E-state index < -0.39 is 88.8 Å². The summed E-state index contributed by atoms with van der Waals surface area (Å²) in [5.74, 6) is -5.62. The Kier molecular flexibility index (Phi) is 32.8. The van der Waals surface area contributed by atoms with E-state index in [9.17, 15) is 47.9 Å². The first-order valence-corrected chi connectivity index (χ1v) is 34.5. The predicted octanol–water partition coefficient (Wildman–Crippen LogP) is 13.9. The number of cyclic esters (lactones) is 1. The maximum absolute atomic E-state index is 12.7. The zero-order valence-electron chi connectivity index (χ0n) is 60.0. The van der Waals surface area contributed by atoms with Crippen molar-refractivity contribution < 1.29 is 100 Å². The van der Waals surface area contributed by atoms with Crippen LogP contribution in [0.3, 0.4) is 0 Å². The molecule has 8 atom stereocenters. The molecule has 21 heteroatoms. The lowest BCUT2D eigenvalue weighted by Gasteiger charge is -2.37. The van der Waals surface area contributed by atoms with Crippen LogP contribution < -0.4 is 0 Å². The molecular formula is C80H100O21. The molecule has 21 nitrogen and oxygen atoms in total. The number of carbonyl (C=O) groups excluding carboxylic acids is 10. The Morgan fingerprint density at radius 2 is 0.802 bits per heavy atom. The van der Waals surface area contributed by atoms with Crippen LogP contribution in [0, 0.1) is 0 Å². The van der Waals surface area contributed by atoms with E-state index in [1.807, 2.05) is 118 Å². The molecule has 0 N–H and O–H groups in total. The Morgan fingerprint density at radius 1 is 0.446 bits per heavy atom. The van der Waals surface area contributed by atoms with E-state index in [1.54, 1.807) is 59.1 Å². The molecule has 2 saturated heterocycles. The first-order chi connectivity index (χ1) is 48.1. The van der Waals surface area contributed by atoms with Gasteiger partial charge in [-0.05, 0) is 95.8 Å². The van der Waals surface area contributed by atoms with Gasteiger partial charge in [0, 0.05) is 60.6 Å². The highest BCUT2D eigenvalue weighted by Crippen LogP contribution is 2.45. The first-order valence-electron chi connectivity index (χ1n) is 34.5. The number of methoxy groups -OCH3 is 1. The standard InChI is InChI=1S/C21H28O5.C20H26O5.C20H24O5.C19H22O6/c1-5-17(25-20(23)15(2)3)14-19(22)26-21(13-9-12-18(21)24-4)16-10-7-6-8-11-16;1-4-17(24-19(22)15(2)3)14-18(21)25-20(10-12-23-13-11-20)16-8-6-5-7-9-16;1-4-17(24-19(23)14(2)3)12-18(22)25-20(11-10-16(21)13-20)15-8-6-5-7-9-15;1-4-15(23-18(22)13(2)3)12-17(21)25-19(11-10-16(20)24-19)14-8-6-5-7-9-14/h6-8,10-11,17-18H,2,5,9,12-14H2,1,3-4H3;5-9,17H,2,4,10-14H2,1,3H3;5-9,17H,2,4,10-13H2,1,3H3;5-9,15H,2,4,10-12H2,1,3H3. The van der Waals surface area contributed by atoms with Gasteiger partial charge in [-0.1, -0.05) is 175 Å². The van der Waals surface area contributed by atoms with Crippen molar-refractivity contribution in [2.24, 2.45) is 0 Å². The van der Waals surface area contributed by atoms with Gasteiger partial charge in [-0.15, -0.1) is 0 Å². The van der Waals surface area contributed by atoms with Gasteiger partial charge in [0.1, 0.15) is 47.5 Å². The van der Waals surface area contributed by atoms with Crippen LogP contribution in [-0.2, 0) is 123 Å². The Morgan fingerprint density at radius 3 is 1.15 bits per heavy atom. The molecule has 8 unspecified atom stereocenters. The van der Waals surface area contributed by atoms with Crippen LogP contribution in [-0.4, -0.2) is 110 Å². The van der Waals surface area contributed by atoms with Crippen molar-refractivity contribution in [1.82, 2.24) is 0 Å². The summed E-state index contributed by atoms with van der Waals surface area (Å²) in [6, 6.07) is 37.6. The number of hydrogen-bond acceptors (Lipinski definition) is 21. The third-order valence-corrected chi connectivity index (χ3v) is 17.5. The molecular weight excluding hydrogens is 1300 g/mol. The molecule has 546 valence electrons. The topological polar surface area (TPSA) is 272 Å². The molecule has 8 rings (SSSR count). The van der Waals surface area contributed by atoms with Crippen molar-refractivity contribution in [3.63, 3.8) is 0 Å². The molecule has 2 saturated carbocycles. The fourth-order valence-corrected chi connectivity index (χ4v) is 11.7. The van der Waals surface area contributed by atoms with E-state index in [1.165, 1.54) is 6.92 Å². The smallest absolute Gasteiger partial charge is 0.333 e. The zero-order chi connectivity index (χ0) is 74.3. The lowest BCUT2D eigenvalue weighted by Crippen LogP contribution is -2.41. The molecule has 0 bridgehead atoms. The predicted molar refractivity (Wildman–Crippen MR) is 374 cm³/mol. The van der Waals surface area contributed by atoms with Gasteiger partial charge in [0.25, 0.3) is 5.79 Å². The van der Waals surface area contributed by atoms with Gasteiger partial charge in [0.2, 0.25) is 0 Å². The fraction of sp³-hybridized carbons (Fsp3) is 0.475. The minimum Gasteiger partial charge on any atom is -0.458 e. The van der Waals surface area contributed by atoms with Crippen LogP contribution in [0.4, 0.5) is 0 Å². The van der Waals surface area contributed by atoms with Gasteiger partial charge in [0.15, 0.2) is 5.60 Å². The normalized spacial score (nSPS) is 20.5. The van der Waals surface area contributed by atoms with E-state index in [2.05, 4.69) is 26.3 Å². The molecule has 4 aliphatic rings. The second-order valence-electron chi connectivity index (χ2n) is 25.6. The van der Waals surface area contributed by atoms with Crippen LogP contribution in [0.25, 0.3) is 0 Å². The third-order valence-electron chi connectivity index (χ3n) is 17.5. The number of rotatable bonds is 29. The van der Waals surface area contributed by atoms with Crippen LogP contribution in [0.1, 0.15) is 193 Å². The van der Waals surface area contributed by atoms with Crippen molar-refractivity contribution in [3.8, 4) is 0 Å². The number of carbonyl (C=O) groups is 10. The highest BCUT2D eigenvalue weighted by atomic mass is 16.7. The fourth-order valence-electron chi connectivity index (χ4n) is 11.7. The molecule has 0 radical (unpaired) electrons. The number of hydrogen-bond donors (Lipinski definition) is 0. The molecule has 0 amide bonds. The molecule has 4 aromatic rings. The molecule has 0 aromatic heterocycles. The van der Waals surface area contributed by atoms with Gasteiger partial charge >= 0.3 is 53.7 Å². The van der Waals surface area contributed by atoms with Crippen LogP contribution in [0.2, 0.25) is 0 Å². The second kappa shape index (κ2) is 40.2. The van der Waals surface area contributed by atoms with Crippen molar-refractivity contribution in [1.29, 1.82) is 0 Å². The van der Waals surface area contributed by atoms with E-state index in [-0.39, 0.29) is 79.9 Å². The summed E-state index contributed by atoms with van der Waals surface area (Å²) < 4.78 is 60.7. The maximum atomic E-state index is 12.7. The average Bonchev–Trinajstić information content (AvgIpc) is 1.72. The van der Waals surface area contributed by atoms with E-state index >= 15 is 0 Å². The van der Waals surface area contributed by atoms with E-state index in [0.717, 1.165) is 29.5 Å². The quantitative estimate of drug-likeness (QED) is 0.0277. The zero-order valence-corrected chi connectivity index (χ0v) is 60.0. The first kappa shape index (κ1) is 82.3. The summed E-state index contributed by atoms with van der Waals surface area (Å²) >= 11 is 0. The molecule has 2 aliphatic carbocycles. The summed E-state index contributed by atoms with van der Waals surface area (Å²) in [6.07, 6.45) is 4.65. The van der Waals surface area contributed by atoms with Crippen molar-refractivity contribution in [2.45, 2.75) is 224 Å². The Hall–Kier alpha value is -9.34. The average molecular weight is 1400 g/mol. The number of ketones is 1. The Bertz CT molecular complexity index is 3370. The van der Waals surface area contributed by atoms with E-state index in [4.69, 9.17) is 52.1 Å². The van der Waals surface area contributed by atoms with Crippen LogP contribution in [0.5, 0.6) is 0 Å². The van der Waals surface area contributed by atoms with Gasteiger partial charge in [0.05, 0.1) is 51.7 Å². The van der Waals surface area contributed by atoms with Gasteiger partial charge in [-0.2, -0.15) is 0 Å². The molecule has 4 aromatic carbocycles. The SMILES string of the molecule is C=C(C)C(=O)OC(CC)CC(=O)OC1(c2ccccc2)CCC(=O)C1.C=C(C)C(=O)OC(CC)CC(=O)OC1(c2ccccc2)CCC(=O)O1.C=C(C)C(=O)OC(CC)CC(=O)OC1(c2ccccc2)CCCC1OC.C=C(C)C(=O)OC(CC)CC(=O)OC1(c2ccccc2)CCOCC1. The Labute approximate surface area is 593 Å². The number of benzene rings is 4. The molecule has 2 aliphatic heterocycles. The number of Topliss-reactive ketones (excluding diaryl/α,β-unsaturated/α-hetero) is 1. The van der Waals surface area contributed by atoms with Crippen LogP contribution in [0.15, 0.2) is 170 Å². The maximum Gasteiger partial charge on any atom is 0.333 e. The van der Waals surface area contributed by atoms with Crippen molar-refractivity contribution in [2.75, 3.05) is 20.3 Å². The number of ether oxygens (including phenoxy) is 11. The summed E-state index contributed by atoms with van der Waals surface area (Å²) in [5, 5.41) is 0. The second-order valence-corrected chi connectivity index (χ2v) is 25.6. The summed E-state index contributed by atoms with van der Waals surface area (Å²) in [7, 11) is 1.64. The molecule has 0 spiro atoms. The van der Waals surface area contributed by atoms with Crippen LogP contribution >= 0.6 is 0 Å². The largest absolute Gasteiger partial charge is 0.458 e. The summed E-state index contributed by atoms with van der Waals surface area (Å²) in [6.45, 7) is 28.9. The highest BCUT2D eigenvalue weighted by molar-refractivity contribution is 5.89. The number of esters is 9. The molecule has 101 heavy (non-hydrogen) atoms. The lowest BCUT2D eigenvalue weighted by atomic mass is 9.86. The molecule has 2 heterocycles. The van der Waals surface area contributed by atoms with E-state index in [0.29, 0.717) is 87.7 Å². The van der Waals surface area contributed by atoms with Gasteiger partial charge < -0.3 is 52.1 Å². The lowest BCUT2D eigenvalue weighted by molar-refractivity contribution is -0.220.